The zero-order chi connectivity index (χ0) is 25.2. The summed E-state index contributed by atoms with van der Waals surface area (Å²) < 4.78 is 7.18. The van der Waals surface area contributed by atoms with E-state index in [1.165, 1.54) is 11.3 Å². The molecule has 1 N–H and O–H groups in total. The van der Waals surface area contributed by atoms with Crippen LogP contribution in [0, 0.1) is 5.92 Å². The molecule has 1 aliphatic rings. The number of hydrogen-bond donors (Lipinski definition) is 1. The van der Waals surface area contributed by atoms with Crippen molar-refractivity contribution in [2.45, 2.75) is 59.4 Å². The van der Waals surface area contributed by atoms with Gasteiger partial charge in [-0.25, -0.2) is 4.98 Å². The van der Waals surface area contributed by atoms with Crippen LogP contribution in [0.4, 0.5) is 11.6 Å². The molecule has 2 aromatic heterocycles. The molecule has 8 nitrogen and oxygen atoms in total. The van der Waals surface area contributed by atoms with Gasteiger partial charge < -0.3 is 14.5 Å². The summed E-state index contributed by atoms with van der Waals surface area (Å²) in [4.78, 5) is 25.9. The molecule has 8 heteroatoms. The molecule has 1 atom stereocenters. The number of nitrogens with one attached hydrogen (secondary N) is 1. The Balaban J connectivity index is 1.72. The second-order valence-corrected chi connectivity index (χ2v) is 10.9. The largest absolute Gasteiger partial charge is 0.378 e. The fourth-order valence-electron chi connectivity index (χ4n) is 4.90. The molecule has 0 amide bonds. The number of fused-ring (bicyclic) bond motifs is 1. The summed E-state index contributed by atoms with van der Waals surface area (Å²) in [6, 6.07) is 8.69. The molecule has 1 fully saturated rings. The van der Waals surface area contributed by atoms with Gasteiger partial charge in [0.1, 0.15) is 5.52 Å². The maximum absolute atomic E-state index is 13.2. The van der Waals surface area contributed by atoms with Gasteiger partial charge in [0.25, 0.3) is 5.56 Å². The fourth-order valence-corrected chi connectivity index (χ4v) is 4.90. The number of nitrogens with zero attached hydrogens (tertiary/aromatic N) is 5. The average molecular weight is 481 g/mol. The third kappa shape index (κ3) is 5.69. The second-order valence-electron chi connectivity index (χ2n) is 10.9. The van der Waals surface area contributed by atoms with Gasteiger partial charge in [-0.2, -0.15) is 5.10 Å². The first-order chi connectivity index (χ1) is 16.7. The number of H-pyrrole nitrogens is 1. The van der Waals surface area contributed by atoms with Crippen LogP contribution in [0.3, 0.4) is 0 Å². The van der Waals surface area contributed by atoms with Crippen LogP contribution in [0.1, 0.15) is 58.7 Å². The standard InChI is InChI=1S/C27H40N6O2/c1-7-9-19(2)17-33(18-20-10-8-11-21(16-20)32-12-14-35-15-13-32)26-28-22-23(25(34)29-26)31(6)30-24(22)27(3,4)5/h8,10-11,16,19H,7,9,12-15,17-18H2,1-6H3,(H,28,29,34). The lowest BCUT2D eigenvalue weighted by molar-refractivity contribution is 0.122. The van der Waals surface area contributed by atoms with E-state index < -0.39 is 0 Å². The lowest BCUT2D eigenvalue weighted by atomic mass is 9.91. The van der Waals surface area contributed by atoms with Gasteiger partial charge in [0, 0.05) is 44.3 Å². The Morgan fingerprint density at radius 1 is 1.23 bits per heavy atom. The molecule has 4 rings (SSSR count). The summed E-state index contributed by atoms with van der Waals surface area (Å²) >= 11 is 0. The number of aromatic nitrogens is 4. The van der Waals surface area contributed by atoms with E-state index in [1.54, 1.807) is 4.68 Å². The Morgan fingerprint density at radius 2 is 1.97 bits per heavy atom. The van der Waals surface area contributed by atoms with Crippen LogP contribution in [-0.4, -0.2) is 52.6 Å². The number of anilines is 2. The van der Waals surface area contributed by atoms with Crippen LogP contribution in [0.25, 0.3) is 11.0 Å². The maximum Gasteiger partial charge on any atom is 0.278 e. The average Bonchev–Trinajstić information content (AvgIpc) is 3.17. The predicted molar refractivity (Wildman–Crippen MR) is 142 cm³/mol. The Kier molecular flexibility index (Phi) is 7.50. The van der Waals surface area contributed by atoms with Gasteiger partial charge in [-0.3, -0.25) is 14.5 Å². The van der Waals surface area contributed by atoms with Crippen molar-refractivity contribution in [3.8, 4) is 0 Å². The molecule has 0 spiro atoms. The number of hydrogen-bond acceptors (Lipinski definition) is 6. The van der Waals surface area contributed by atoms with E-state index in [0.717, 1.165) is 51.4 Å². The lowest BCUT2D eigenvalue weighted by Crippen LogP contribution is -2.36. The molecule has 35 heavy (non-hydrogen) atoms. The molecule has 0 aliphatic carbocycles. The van der Waals surface area contributed by atoms with Gasteiger partial charge in [-0.1, -0.05) is 53.2 Å². The summed E-state index contributed by atoms with van der Waals surface area (Å²) in [6.45, 7) is 15.6. The summed E-state index contributed by atoms with van der Waals surface area (Å²) in [6.07, 6.45) is 2.25. The van der Waals surface area contributed by atoms with Crippen molar-refractivity contribution in [1.82, 2.24) is 19.7 Å². The summed E-state index contributed by atoms with van der Waals surface area (Å²) in [5, 5.41) is 4.66. The SMILES string of the molecule is CCCC(C)CN(Cc1cccc(N2CCOCC2)c1)c1nc2c(C(C)(C)C)nn(C)c2c(=O)[nH]1. The van der Waals surface area contributed by atoms with Gasteiger partial charge >= 0.3 is 0 Å². The van der Waals surface area contributed by atoms with E-state index >= 15 is 0 Å². The van der Waals surface area contributed by atoms with Crippen LogP contribution in [0.5, 0.6) is 0 Å². The number of benzene rings is 1. The van der Waals surface area contributed by atoms with Crippen molar-refractivity contribution >= 4 is 22.7 Å². The minimum absolute atomic E-state index is 0.147. The zero-order valence-electron chi connectivity index (χ0n) is 22.1. The molecule has 0 saturated carbocycles. The van der Waals surface area contributed by atoms with Gasteiger partial charge in [0.05, 0.1) is 18.9 Å². The zero-order valence-corrected chi connectivity index (χ0v) is 22.1. The van der Waals surface area contributed by atoms with Crippen molar-refractivity contribution in [3.63, 3.8) is 0 Å². The topological polar surface area (TPSA) is 79.3 Å². The normalized spacial score (nSPS) is 15.5. The molecule has 3 aromatic rings. The minimum Gasteiger partial charge on any atom is -0.378 e. The Morgan fingerprint density at radius 3 is 2.66 bits per heavy atom. The van der Waals surface area contributed by atoms with E-state index in [-0.39, 0.29) is 11.0 Å². The van der Waals surface area contributed by atoms with Crippen LogP contribution < -0.4 is 15.4 Å². The molecule has 0 radical (unpaired) electrons. The molecular weight excluding hydrogens is 440 g/mol. The van der Waals surface area contributed by atoms with Crippen LogP contribution in [0.2, 0.25) is 0 Å². The number of aromatic amines is 1. The molecule has 0 bridgehead atoms. The second kappa shape index (κ2) is 10.4. The van der Waals surface area contributed by atoms with E-state index in [9.17, 15) is 4.79 Å². The van der Waals surface area contributed by atoms with Crippen molar-refractivity contribution in [3.05, 3.63) is 45.9 Å². The van der Waals surface area contributed by atoms with Gasteiger partial charge in [-0.05, 0) is 30.0 Å². The molecule has 3 heterocycles. The maximum atomic E-state index is 13.2. The van der Waals surface area contributed by atoms with E-state index in [4.69, 9.17) is 9.72 Å². The van der Waals surface area contributed by atoms with Crippen molar-refractivity contribution in [2.24, 2.45) is 13.0 Å². The quantitative estimate of drug-likeness (QED) is 0.520. The third-order valence-corrected chi connectivity index (χ3v) is 6.66. The highest BCUT2D eigenvalue weighted by molar-refractivity contribution is 5.79. The number of ether oxygens (including phenoxy) is 1. The first-order valence-electron chi connectivity index (χ1n) is 12.8. The van der Waals surface area contributed by atoms with Crippen LogP contribution >= 0.6 is 0 Å². The lowest BCUT2D eigenvalue weighted by Gasteiger charge is -2.30. The minimum atomic E-state index is -0.218. The molecular formula is C27H40N6O2. The Bertz CT molecular complexity index is 1200. The Hall–Kier alpha value is -2.87. The van der Waals surface area contributed by atoms with Crippen molar-refractivity contribution in [2.75, 3.05) is 42.6 Å². The third-order valence-electron chi connectivity index (χ3n) is 6.66. The van der Waals surface area contributed by atoms with E-state index in [0.29, 0.717) is 29.4 Å². The first kappa shape index (κ1) is 25.2. The molecule has 1 aromatic carbocycles. The molecule has 1 unspecified atom stereocenters. The molecule has 1 saturated heterocycles. The highest BCUT2D eigenvalue weighted by Gasteiger charge is 2.26. The van der Waals surface area contributed by atoms with Gasteiger partial charge in [0.2, 0.25) is 5.95 Å². The molecule has 1 aliphatic heterocycles. The number of rotatable bonds is 8. The predicted octanol–water partition coefficient (Wildman–Crippen LogP) is 4.23. The highest BCUT2D eigenvalue weighted by atomic mass is 16.5. The van der Waals surface area contributed by atoms with Crippen LogP contribution in [-0.2, 0) is 23.7 Å². The monoisotopic (exact) mass is 480 g/mol. The highest BCUT2D eigenvalue weighted by Crippen LogP contribution is 2.28. The van der Waals surface area contributed by atoms with Gasteiger partial charge in [-0.15, -0.1) is 0 Å². The van der Waals surface area contributed by atoms with Crippen LogP contribution in [0.15, 0.2) is 29.1 Å². The number of morpholine rings is 1. The molecule has 190 valence electrons. The summed E-state index contributed by atoms with van der Waals surface area (Å²) in [5.74, 6) is 1.08. The fraction of sp³-hybridized carbons (Fsp3) is 0.593. The smallest absolute Gasteiger partial charge is 0.278 e. The first-order valence-corrected chi connectivity index (χ1v) is 12.8. The number of aryl methyl sites for hydroxylation is 1. The summed E-state index contributed by atoms with van der Waals surface area (Å²) in [5.41, 5.74) is 4.10. The van der Waals surface area contributed by atoms with Gasteiger partial charge in [0.15, 0.2) is 5.52 Å². The van der Waals surface area contributed by atoms with E-state index in [1.807, 2.05) is 7.05 Å². The van der Waals surface area contributed by atoms with Crippen molar-refractivity contribution in [1.29, 1.82) is 0 Å². The Labute approximate surface area is 208 Å². The van der Waals surface area contributed by atoms with E-state index in [2.05, 4.69) is 78.8 Å². The summed E-state index contributed by atoms with van der Waals surface area (Å²) in [7, 11) is 1.81. The van der Waals surface area contributed by atoms with Crippen molar-refractivity contribution < 1.29 is 4.74 Å².